The van der Waals surface area contributed by atoms with Crippen molar-refractivity contribution in [1.82, 2.24) is 5.32 Å². The third-order valence-corrected chi connectivity index (χ3v) is 6.10. The van der Waals surface area contributed by atoms with E-state index in [-0.39, 0.29) is 24.9 Å². The molecular weight excluding hydrogens is 401 g/mol. The molecule has 0 radical (unpaired) electrons. The Balaban J connectivity index is 1.57. The van der Waals surface area contributed by atoms with E-state index in [0.717, 1.165) is 29.5 Å². The number of aryl methyl sites for hydroxylation is 1. The average molecular weight is 426 g/mol. The number of ether oxygens (including phenoxy) is 1. The minimum Gasteiger partial charge on any atom is -0.492 e. The molecule has 1 heterocycles. The van der Waals surface area contributed by atoms with E-state index in [4.69, 9.17) is 4.74 Å². The van der Waals surface area contributed by atoms with Crippen LogP contribution in [-0.2, 0) is 13.2 Å². The number of thiophene rings is 1. The standard InChI is InChI=1S/C24H24FNO3S/c1-15-2-3-17(8-22(15)25)10-26-24(28)20-9-18(21-14-30-13-19(21)11-27)6-7-23(20)29-12-16-4-5-16/h2-3,6-9,13-14,16,27H,4-5,10-12H2,1H3,(H,26,28). The molecule has 0 bridgehead atoms. The van der Waals surface area contributed by atoms with Crippen molar-refractivity contribution in [3.63, 3.8) is 0 Å². The normalized spacial score (nSPS) is 13.3. The van der Waals surface area contributed by atoms with Crippen molar-refractivity contribution in [2.24, 2.45) is 5.92 Å². The first-order valence-corrected chi connectivity index (χ1v) is 11.0. The number of benzene rings is 2. The Kier molecular flexibility index (Phi) is 6.16. The first-order valence-electron chi connectivity index (χ1n) is 10.0. The molecule has 1 aliphatic carbocycles. The highest BCUT2D eigenvalue weighted by Crippen LogP contribution is 2.34. The van der Waals surface area contributed by atoms with Gasteiger partial charge in [-0.25, -0.2) is 4.39 Å². The van der Waals surface area contributed by atoms with E-state index in [9.17, 15) is 14.3 Å². The number of carbonyl (C=O) groups is 1. The van der Waals surface area contributed by atoms with Gasteiger partial charge >= 0.3 is 0 Å². The molecule has 3 aromatic rings. The van der Waals surface area contributed by atoms with Crippen LogP contribution in [0.15, 0.2) is 47.2 Å². The molecule has 0 atom stereocenters. The predicted molar refractivity (Wildman–Crippen MR) is 116 cm³/mol. The molecule has 30 heavy (non-hydrogen) atoms. The van der Waals surface area contributed by atoms with E-state index in [2.05, 4.69) is 5.32 Å². The number of hydrogen-bond acceptors (Lipinski definition) is 4. The van der Waals surface area contributed by atoms with Gasteiger partial charge in [-0.05, 0) is 82.5 Å². The number of aliphatic hydroxyl groups is 1. The summed E-state index contributed by atoms with van der Waals surface area (Å²) in [5, 5.41) is 16.3. The van der Waals surface area contributed by atoms with Crippen LogP contribution in [0.1, 0.15) is 39.9 Å². The van der Waals surface area contributed by atoms with E-state index in [1.54, 1.807) is 25.1 Å². The summed E-state index contributed by atoms with van der Waals surface area (Å²) >= 11 is 1.51. The Labute approximate surface area is 179 Å². The largest absolute Gasteiger partial charge is 0.492 e. The second-order valence-electron chi connectivity index (χ2n) is 7.70. The van der Waals surface area contributed by atoms with Gasteiger partial charge < -0.3 is 15.2 Å². The third-order valence-electron chi connectivity index (χ3n) is 5.31. The molecule has 156 valence electrons. The molecule has 4 nitrogen and oxygen atoms in total. The second kappa shape index (κ2) is 8.98. The molecule has 0 spiro atoms. The fraction of sp³-hybridized carbons (Fsp3) is 0.292. The van der Waals surface area contributed by atoms with E-state index >= 15 is 0 Å². The van der Waals surface area contributed by atoms with Crippen LogP contribution >= 0.6 is 11.3 Å². The van der Waals surface area contributed by atoms with Crippen molar-refractivity contribution in [2.75, 3.05) is 6.61 Å². The van der Waals surface area contributed by atoms with Crippen molar-refractivity contribution < 1.29 is 19.0 Å². The number of hydrogen-bond donors (Lipinski definition) is 2. The van der Waals surface area contributed by atoms with Crippen molar-refractivity contribution >= 4 is 17.2 Å². The maximum Gasteiger partial charge on any atom is 0.255 e. The summed E-state index contributed by atoms with van der Waals surface area (Å²) in [5.74, 6) is 0.545. The van der Waals surface area contributed by atoms with Crippen LogP contribution in [0.4, 0.5) is 4.39 Å². The lowest BCUT2D eigenvalue weighted by atomic mass is 10.0. The fourth-order valence-electron chi connectivity index (χ4n) is 3.22. The molecule has 0 unspecified atom stereocenters. The van der Waals surface area contributed by atoms with E-state index in [1.807, 2.05) is 22.9 Å². The highest BCUT2D eigenvalue weighted by Gasteiger charge is 2.23. The smallest absolute Gasteiger partial charge is 0.255 e. The monoisotopic (exact) mass is 425 g/mol. The number of rotatable bonds is 8. The Morgan fingerprint density at radius 3 is 2.80 bits per heavy atom. The Bertz CT molecular complexity index is 1060. The fourth-order valence-corrected chi connectivity index (χ4v) is 4.07. The van der Waals surface area contributed by atoms with Gasteiger partial charge in [0.15, 0.2) is 0 Å². The lowest BCUT2D eigenvalue weighted by molar-refractivity contribution is 0.0946. The van der Waals surface area contributed by atoms with Gasteiger partial charge in [-0.1, -0.05) is 18.2 Å². The summed E-state index contributed by atoms with van der Waals surface area (Å²) in [6.07, 6.45) is 2.32. The summed E-state index contributed by atoms with van der Waals surface area (Å²) in [4.78, 5) is 13.0. The van der Waals surface area contributed by atoms with Crippen LogP contribution in [0.2, 0.25) is 0 Å². The highest BCUT2D eigenvalue weighted by molar-refractivity contribution is 7.08. The van der Waals surface area contributed by atoms with Crippen molar-refractivity contribution in [3.05, 3.63) is 75.2 Å². The Morgan fingerprint density at radius 2 is 2.07 bits per heavy atom. The zero-order valence-electron chi connectivity index (χ0n) is 16.8. The predicted octanol–water partition coefficient (Wildman–Crippen LogP) is 5.07. The number of amides is 1. The maximum absolute atomic E-state index is 13.8. The van der Waals surface area contributed by atoms with Gasteiger partial charge in [0.1, 0.15) is 11.6 Å². The van der Waals surface area contributed by atoms with Crippen LogP contribution in [0, 0.1) is 18.7 Å². The van der Waals surface area contributed by atoms with E-state index < -0.39 is 0 Å². The topological polar surface area (TPSA) is 58.6 Å². The molecular formula is C24H24FNO3S. The van der Waals surface area contributed by atoms with Crippen molar-refractivity contribution in [2.45, 2.75) is 32.9 Å². The van der Waals surface area contributed by atoms with Gasteiger partial charge in [0.25, 0.3) is 5.91 Å². The summed E-state index contributed by atoms with van der Waals surface area (Å²) in [6.45, 7) is 2.48. The van der Waals surface area contributed by atoms with Crippen molar-refractivity contribution in [3.8, 4) is 16.9 Å². The van der Waals surface area contributed by atoms with Crippen molar-refractivity contribution in [1.29, 1.82) is 0 Å². The number of aliphatic hydroxyl groups excluding tert-OH is 1. The van der Waals surface area contributed by atoms with Crippen LogP contribution in [0.25, 0.3) is 11.1 Å². The second-order valence-corrected chi connectivity index (χ2v) is 8.44. The number of halogens is 1. The summed E-state index contributed by atoms with van der Waals surface area (Å²) in [6, 6.07) is 10.5. The minimum absolute atomic E-state index is 0.0563. The number of carbonyl (C=O) groups excluding carboxylic acids is 1. The van der Waals surface area contributed by atoms with Gasteiger partial charge in [0, 0.05) is 6.54 Å². The van der Waals surface area contributed by atoms with Gasteiger partial charge in [0.2, 0.25) is 0 Å². The Hall–Kier alpha value is -2.70. The van der Waals surface area contributed by atoms with E-state index in [1.165, 1.54) is 17.4 Å². The maximum atomic E-state index is 13.8. The minimum atomic E-state index is -0.286. The van der Waals surface area contributed by atoms with Crippen LogP contribution < -0.4 is 10.1 Å². The zero-order chi connectivity index (χ0) is 21.1. The molecule has 1 amide bonds. The highest BCUT2D eigenvalue weighted by atomic mass is 32.1. The molecule has 0 aliphatic heterocycles. The zero-order valence-corrected chi connectivity index (χ0v) is 17.6. The van der Waals surface area contributed by atoms with Gasteiger partial charge in [0.05, 0.1) is 18.8 Å². The van der Waals surface area contributed by atoms with Gasteiger partial charge in [-0.15, -0.1) is 0 Å². The molecule has 2 aromatic carbocycles. The summed E-state index contributed by atoms with van der Waals surface area (Å²) in [5.41, 5.74) is 4.30. The first kappa shape index (κ1) is 20.6. The molecule has 1 aromatic heterocycles. The van der Waals surface area contributed by atoms with Gasteiger partial charge in [-0.3, -0.25) is 4.79 Å². The van der Waals surface area contributed by atoms with E-state index in [0.29, 0.717) is 35.0 Å². The average Bonchev–Trinajstić information content (AvgIpc) is 3.47. The molecule has 1 saturated carbocycles. The first-order chi connectivity index (χ1) is 14.5. The van der Waals surface area contributed by atoms with Gasteiger partial charge in [-0.2, -0.15) is 11.3 Å². The van der Waals surface area contributed by atoms with Crippen LogP contribution in [0.3, 0.4) is 0 Å². The molecule has 6 heteroatoms. The Morgan fingerprint density at radius 1 is 1.23 bits per heavy atom. The third kappa shape index (κ3) is 4.71. The lowest BCUT2D eigenvalue weighted by Gasteiger charge is -2.14. The molecule has 0 saturated heterocycles. The number of nitrogens with one attached hydrogen (secondary N) is 1. The molecule has 1 fully saturated rings. The van der Waals surface area contributed by atoms with Crippen LogP contribution in [-0.4, -0.2) is 17.6 Å². The molecule has 1 aliphatic rings. The van der Waals surface area contributed by atoms with Crippen LogP contribution in [0.5, 0.6) is 5.75 Å². The molecule has 4 rings (SSSR count). The summed E-state index contributed by atoms with van der Waals surface area (Å²) in [7, 11) is 0. The lowest BCUT2D eigenvalue weighted by Crippen LogP contribution is -2.24. The summed E-state index contributed by atoms with van der Waals surface area (Å²) < 4.78 is 19.7. The quantitative estimate of drug-likeness (QED) is 0.530. The SMILES string of the molecule is Cc1ccc(CNC(=O)c2cc(-c3cscc3CO)ccc2OCC2CC2)cc1F. The molecule has 2 N–H and O–H groups in total.